The van der Waals surface area contributed by atoms with Gasteiger partial charge in [0.25, 0.3) is 0 Å². The zero-order valence-electron chi connectivity index (χ0n) is 36.7. The molecule has 10 aromatic carbocycles. The molecule has 10 rings (SSSR count). The molecule has 0 fully saturated rings. The summed E-state index contributed by atoms with van der Waals surface area (Å²) in [6, 6.07) is 39.6. The van der Waals surface area contributed by atoms with Gasteiger partial charge in [0.2, 0.25) is 0 Å². The van der Waals surface area contributed by atoms with Crippen molar-refractivity contribution < 1.29 is 13.7 Å². The van der Waals surface area contributed by atoms with Gasteiger partial charge in [-0.25, -0.2) is 0 Å². The average molecular weight is 643 g/mol. The topological polar surface area (TPSA) is 0 Å². The summed E-state index contributed by atoms with van der Waals surface area (Å²) < 4.78 is 88.7. The first-order valence-electron chi connectivity index (χ1n) is 21.5. The molecule has 0 aliphatic rings. The minimum atomic E-state index is -0.513. The van der Waals surface area contributed by atoms with Gasteiger partial charge in [-0.2, -0.15) is 0 Å². The molecule has 0 atom stereocenters. The first-order valence-corrected chi connectivity index (χ1v) is 16.5. The maximum absolute atomic E-state index is 9.26. The molecule has 0 aliphatic carbocycles. The van der Waals surface area contributed by atoms with Gasteiger partial charge in [0, 0.05) is 0 Å². The van der Waals surface area contributed by atoms with Gasteiger partial charge in [-0.3, -0.25) is 0 Å². The summed E-state index contributed by atoms with van der Waals surface area (Å²) in [7, 11) is 0. The molecule has 0 heteroatoms. The van der Waals surface area contributed by atoms with Crippen molar-refractivity contribution in [1.29, 1.82) is 0 Å². The van der Waals surface area contributed by atoms with Crippen LogP contribution in [0.4, 0.5) is 0 Å². The Morgan fingerprint density at radius 3 is 1.36 bits per heavy atom. The fourth-order valence-corrected chi connectivity index (χ4v) is 7.77. The first kappa shape index (κ1) is 20.1. The maximum Gasteiger partial charge on any atom is 0.0629 e. The van der Waals surface area contributed by atoms with Crippen LogP contribution in [0.2, 0.25) is 0 Å². The molecule has 0 N–H and O–H groups in total. The Morgan fingerprint density at radius 1 is 0.280 bits per heavy atom. The van der Waals surface area contributed by atoms with Crippen LogP contribution in [0.25, 0.3) is 98.4 Å². The van der Waals surface area contributed by atoms with Crippen LogP contribution in [0.1, 0.15) is 13.7 Å². The second kappa shape index (κ2) is 11.6. The minimum Gasteiger partial charge on any atom is -0.0622 e. The van der Waals surface area contributed by atoms with Crippen molar-refractivity contribution in [2.24, 2.45) is 0 Å². The van der Waals surface area contributed by atoms with Gasteiger partial charge in [0.15, 0.2) is 0 Å². The van der Waals surface area contributed by atoms with Gasteiger partial charge in [0.05, 0.1) is 13.7 Å². The van der Waals surface area contributed by atoms with Crippen molar-refractivity contribution in [1.82, 2.24) is 0 Å². The van der Waals surface area contributed by atoms with E-state index < -0.39 is 36.3 Å². The van der Waals surface area contributed by atoms with Crippen LogP contribution < -0.4 is 0 Å². The van der Waals surface area contributed by atoms with Gasteiger partial charge in [-0.05, 0) is 111 Å². The molecule has 232 valence electrons. The molecule has 0 amide bonds. The number of rotatable bonds is 4. The van der Waals surface area contributed by atoms with Crippen molar-refractivity contribution in [3.8, 4) is 44.5 Å². The monoisotopic (exact) mass is 642 g/mol. The van der Waals surface area contributed by atoms with Gasteiger partial charge < -0.3 is 0 Å². The Labute approximate surface area is 305 Å². The van der Waals surface area contributed by atoms with E-state index in [4.69, 9.17) is 8.22 Å². The number of benzene rings is 10. The van der Waals surface area contributed by atoms with Gasteiger partial charge in [-0.1, -0.05) is 182 Å². The lowest BCUT2D eigenvalue weighted by Gasteiger charge is -2.23. The molecule has 0 saturated heterocycles. The summed E-state index contributed by atoms with van der Waals surface area (Å²) >= 11 is 0. The Bertz CT molecular complexity index is 3420. The van der Waals surface area contributed by atoms with Crippen molar-refractivity contribution in [2.75, 3.05) is 0 Å². The van der Waals surface area contributed by atoms with Gasteiger partial charge >= 0.3 is 0 Å². The molecule has 0 nitrogen and oxygen atoms in total. The van der Waals surface area contributed by atoms with Crippen LogP contribution in [0.5, 0.6) is 0 Å². The van der Waals surface area contributed by atoms with Crippen LogP contribution in [0.15, 0.2) is 194 Å². The SMILES string of the molecule is [2H]c1c([2H])c([2H])c(-c2c3ccccc3c(-c3c([2H])c([2H])c([2H])c([2H])c3[2H])c3cc4c(cc23)c(-c2ccccc2)c(-c2cccc3ccccc23)c2ccccc24)c([2H])c1[2H]. The number of fused-ring (bicyclic) bond motifs is 6. The van der Waals surface area contributed by atoms with Crippen LogP contribution in [0.3, 0.4) is 0 Å². The summed E-state index contributed by atoms with van der Waals surface area (Å²) in [6.45, 7) is 0. The third kappa shape index (κ3) is 4.39. The lowest BCUT2D eigenvalue weighted by molar-refractivity contribution is 1.64. The molecule has 0 saturated carbocycles. The lowest BCUT2D eigenvalue weighted by atomic mass is 9.80. The lowest BCUT2D eigenvalue weighted by Crippen LogP contribution is -1.95. The second-order valence-electron chi connectivity index (χ2n) is 12.4. The normalized spacial score (nSPS) is 14.4. The van der Waals surface area contributed by atoms with E-state index in [1.807, 2.05) is 54.6 Å². The zero-order chi connectivity index (χ0) is 41.7. The van der Waals surface area contributed by atoms with Crippen LogP contribution >= 0.6 is 0 Å². The van der Waals surface area contributed by atoms with E-state index in [2.05, 4.69) is 54.6 Å². The zero-order valence-corrected chi connectivity index (χ0v) is 26.7. The van der Waals surface area contributed by atoms with Crippen LogP contribution in [-0.4, -0.2) is 0 Å². The van der Waals surface area contributed by atoms with Crippen LogP contribution in [0, 0.1) is 0 Å². The highest BCUT2D eigenvalue weighted by atomic mass is 14.3. The van der Waals surface area contributed by atoms with Gasteiger partial charge in [-0.15, -0.1) is 0 Å². The van der Waals surface area contributed by atoms with E-state index in [1.165, 1.54) is 0 Å². The van der Waals surface area contributed by atoms with E-state index in [-0.39, 0.29) is 35.3 Å². The molecule has 0 unspecified atom stereocenters. The molecule has 0 bridgehead atoms. The molecule has 10 aromatic rings. The molecule has 0 aromatic heterocycles. The summed E-state index contributed by atoms with van der Waals surface area (Å²) in [5, 5.41) is 7.71. The molecule has 0 spiro atoms. The second-order valence-corrected chi connectivity index (χ2v) is 12.4. The fraction of sp³-hybridized carbons (Fsp3) is 0. The molecule has 0 aliphatic heterocycles. The quantitative estimate of drug-likeness (QED) is 0.132. The van der Waals surface area contributed by atoms with Crippen LogP contribution in [-0.2, 0) is 0 Å². The van der Waals surface area contributed by atoms with E-state index in [0.29, 0.717) is 32.7 Å². The van der Waals surface area contributed by atoms with E-state index in [0.717, 1.165) is 54.6 Å². The highest BCUT2D eigenvalue weighted by molar-refractivity contribution is 6.30. The number of hydrogen-bond acceptors (Lipinski definition) is 0. The molecule has 50 heavy (non-hydrogen) atoms. The summed E-state index contributed by atoms with van der Waals surface area (Å²) in [5.74, 6) is 0. The molecular formula is C50H32. The standard InChI is InChI=1S/C50H32/c1-4-18-34(19-5-1)47-41-28-14-15-29-42(41)48(35-20-6-2-7-21-35)46-32-44-43(31-45(46)47)38-26-12-13-27-40(38)50(49(44)36-22-8-3-9-23-36)39-30-16-24-33-17-10-11-25-37(33)39/h1-32H/i1D,2D,4D,5D,6D,7D,18D,19D,20D,21D. The Morgan fingerprint density at radius 2 is 0.740 bits per heavy atom. The third-order valence-electron chi connectivity index (χ3n) is 9.79. The van der Waals surface area contributed by atoms with Crippen molar-refractivity contribution in [2.45, 2.75) is 0 Å². The highest BCUT2D eigenvalue weighted by Gasteiger charge is 2.23. The maximum atomic E-state index is 9.26. The summed E-state index contributed by atoms with van der Waals surface area (Å²) in [4.78, 5) is 0. The Hall–Kier alpha value is -6.50. The van der Waals surface area contributed by atoms with Crippen molar-refractivity contribution >= 4 is 53.9 Å². The average Bonchev–Trinajstić information content (AvgIpc) is 3.28. The van der Waals surface area contributed by atoms with E-state index >= 15 is 0 Å². The summed E-state index contributed by atoms with van der Waals surface area (Å²) in [6.07, 6.45) is 0. The van der Waals surface area contributed by atoms with Crippen molar-refractivity contribution in [3.63, 3.8) is 0 Å². The van der Waals surface area contributed by atoms with E-state index in [1.54, 1.807) is 24.3 Å². The number of hydrogen-bond donors (Lipinski definition) is 0. The van der Waals surface area contributed by atoms with Crippen molar-refractivity contribution in [3.05, 3.63) is 194 Å². The fourth-order valence-electron chi connectivity index (χ4n) is 7.77. The molecular weight excluding hydrogens is 601 g/mol. The smallest absolute Gasteiger partial charge is 0.0622 e. The third-order valence-corrected chi connectivity index (χ3v) is 9.79. The predicted molar refractivity (Wildman–Crippen MR) is 216 cm³/mol. The minimum absolute atomic E-state index is 0.00508. The van der Waals surface area contributed by atoms with Gasteiger partial charge in [0.1, 0.15) is 0 Å². The van der Waals surface area contributed by atoms with E-state index in [9.17, 15) is 5.48 Å². The summed E-state index contributed by atoms with van der Waals surface area (Å²) in [5.41, 5.74) is 4.66. The predicted octanol–water partition coefficient (Wildman–Crippen LogP) is 14.1. The molecule has 0 radical (unpaired) electrons. The first-order chi connectivity index (χ1) is 29.0. The molecule has 0 heterocycles. The highest BCUT2D eigenvalue weighted by Crippen LogP contribution is 2.50. The largest absolute Gasteiger partial charge is 0.0629 e. The Balaban J connectivity index is 1.53. The Kier molecular flexibility index (Phi) is 4.66.